The maximum Gasteiger partial charge on any atom is 0.246 e. The first-order chi connectivity index (χ1) is 35.2. The molecule has 6 N–H and O–H groups in total. The minimum absolute atomic E-state index is 0.0109. The van der Waals surface area contributed by atoms with Crippen LogP contribution in [-0.2, 0) is 41.6 Å². The van der Waals surface area contributed by atoms with Crippen LogP contribution in [0.25, 0.3) is 0 Å². The molecule has 2 aromatic rings. The molecule has 0 aromatic heterocycles. The normalized spacial score (nSPS) is 31.3. The van der Waals surface area contributed by atoms with Gasteiger partial charge in [-0.25, -0.2) is 0 Å². The number of amides is 6. The van der Waals surface area contributed by atoms with E-state index in [0.717, 1.165) is 33.8 Å². The molecule has 7 aliphatic rings. The summed E-state index contributed by atoms with van der Waals surface area (Å²) < 4.78 is 0. The molecule has 5 aliphatic heterocycles. The first-order valence-corrected chi connectivity index (χ1v) is 29.6. The fourth-order valence-electron chi connectivity index (χ4n) is 12.7. The molecule has 74 heavy (non-hydrogen) atoms. The number of hydrogen-bond acceptors (Lipinski definition) is 13. The molecule has 402 valence electrons. The predicted molar refractivity (Wildman–Crippen MR) is 298 cm³/mol. The first kappa shape index (κ1) is 54.9. The van der Waals surface area contributed by atoms with E-state index >= 15 is 0 Å². The molecule has 5 heterocycles. The number of benzene rings is 2. The summed E-state index contributed by atoms with van der Waals surface area (Å²) in [5.41, 5.74) is 2.74. The van der Waals surface area contributed by atoms with Gasteiger partial charge >= 0.3 is 0 Å². The Hall–Kier alpha value is -3.92. The van der Waals surface area contributed by atoms with E-state index in [4.69, 9.17) is 24.8 Å². The molecule has 16 nitrogen and oxygen atoms in total. The summed E-state index contributed by atoms with van der Waals surface area (Å²) in [4.78, 5) is 96.1. The quantitative estimate of drug-likeness (QED) is 0.0878. The topological polar surface area (TPSA) is 188 Å². The summed E-state index contributed by atoms with van der Waals surface area (Å²) in [5.74, 6) is -0.583. The maximum atomic E-state index is 14.9. The summed E-state index contributed by atoms with van der Waals surface area (Å²) >= 11 is 13.8. The molecular formula is C54H76N10O6S4. The van der Waals surface area contributed by atoms with Crippen LogP contribution in [0.2, 0.25) is 0 Å². The lowest BCUT2D eigenvalue weighted by Crippen LogP contribution is -2.59. The highest BCUT2D eigenvalue weighted by molar-refractivity contribution is 8.00. The van der Waals surface area contributed by atoms with Crippen LogP contribution in [0, 0.1) is 22.7 Å². The average Bonchev–Trinajstić information content (AvgIpc) is 4.04. The largest absolute Gasteiger partial charge is 0.367 e. The van der Waals surface area contributed by atoms with Crippen molar-refractivity contribution in [3.05, 3.63) is 70.8 Å². The van der Waals surface area contributed by atoms with Gasteiger partial charge in [0.05, 0.1) is 57.1 Å². The SMILES string of the molecule is CN[C@@H](C)C(=S)N[C@H]1CCS[C@H]2CC(C)(C)[C@@H](C(=O)N[C@H]3c4ccccc4C[C@H]3C(=O)N3CCN(C(=O)[C@@H]4Cc5ccccc5[C@@H]4NC(=O)[C@H]4N5C(=O)[C@@H](NC(S)[C@H](C)NC)CCS[C@H]5CC4(C)C)CC3)N2C1=O. The number of thiocarbonyl (C=S) groups is 1. The summed E-state index contributed by atoms with van der Waals surface area (Å²) in [5, 5.41) is 19.2. The van der Waals surface area contributed by atoms with Gasteiger partial charge < -0.3 is 46.2 Å². The van der Waals surface area contributed by atoms with Crippen LogP contribution in [0.4, 0.5) is 0 Å². The second-order valence-electron chi connectivity index (χ2n) is 22.9. The minimum Gasteiger partial charge on any atom is -0.367 e. The van der Waals surface area contributed by atoms with E-state index in [1.807, 2.05) is 100 Å². The highest BCUT2D eigenvalue weighted by Gasteiger charge is 2.57. The number of piperazine rings is 1. The summed E-state index contributed by atoms with van der Waals surface area (Å²) in [7, 11) is 3.68. The molecule has 6 amide bonds. The lowest BCUT2D eigenvalue weighted by molar-refractivity contribution is -0.146. The Bertz CT molecular complexity index is 2510. The van der Waals surface area contributed by atoms with Crippen LogP contribution in [0.5, 0.6) is 0 Å². The smallest absolute Gasteiger partial charge is 0.246 e. The fraction of sp³-hybridized carbons (Fsp3) is 0.648. The number of hydrogen-bond donors (Lipinski definition) is 7. The van der Waals surface area contributed by atoms with Crippen LogP contribution in [0.1, 0.15) is 102 Å². The predicted octanol–water partition coefficient (Wildman–Crippen LogP) is 3.61. The molecule has 2 aromatic carbocycles. The van der Waals surface area contributed by atoms with Gasteiger partial charge in [0.15, 0.2) is 0 Å². The van der Waals surface area contributed by atoms with Crippen LogP contribution in [0.3, 0.4) is 0 Å². The van der Waals surface area contributed by atoms with Crippen LogP contribution in [-0.4, -0.2) is 164 Å². The third kappa shape index (κ3) is 10.6. The van der Waals surface area contributed by atoms with E-state index in [9.17, 15) is 28.8 Å². The first-order valence-electron chi connectivity index (χ1n) is 26.5. The molecule has 0 radical (unpaired) electrons. The Morgan fingerprint density at radius 2 is 1.09 bits per heavy atom. The van der Waals surface area contributed by atoms with Crippen LogP contribution in [0.15, 0.2) is 48.5 Å². The van der Waals surface area contributed by atoms with Gasteiger partial charge in [-0.3, -0.25) is 34.1 Å². The van der Waals surface area contributed by atoms with Crippen molar-refractivity contribution in [1.82, 2.24) is 51.5 Å². The van der Waals surface area contributed by atoms with Gasteiger partial charge in [0.1, 0.15) is 18.1 Å². The van der Waals surface area contributed by atoms with Gasteiger partial charge in [-0.15, -0.1) is 23.5 Å². The van der Waals surface area contributed by atoms with Crippen molar-refractivity contribution >= 4 is 88.8 Å². The van der Waals surface area contributed by atoms with E-state index < -0.39 is 58.9 Å². The molecule has 5 saturated heterocycles. The number of fused-ring (bicyclic) bond motifs is 4. The highest BCUT2D eigenvalue weighted by Crippen LogP contribution is 2.49. The van der Waals surface area contributed by atoms with Crippen LogP contribution >= 0.6 is 48.4 Å². The van der Waals surface area contributed by atoms with E-state index in [0.29, 0.717) is 69.7 Å². The van der Waals surface area contributed by atoms with Crippen molar-refractivity contribution in [2.75, 3.05) is 51.8 Å². The number of rotatable bonds is 13. The standard InChI is InChI=1S/C54H76N10O6S4/c1-29(55-7)47(71)57-37-17-23-73-39-27-53(3,4)43(63(39)51(37)69)45(65)59-41-33-15-11-9-13-31(33)25-35(41)49(67)61-19-21-62(22-20-61)50(68)36-26-32-14-10-12-16-34(32)42(36)60-46(66)44-54(5,6)28-40-64(44)52(70)38(18-24-74-40)58-48(72)30(2)56-8/h9-16,29-30,35-44,47,55-57,71H,17-28H2,1-8H3,(H,58,72)(H,59,65)(H,60,66)/t29-,30-,35+,36+,37-,38-,39-,40-,41-,42-,43+,44+,47?/m0/s1. The van der Waals surface area contributed by atoms with E-state index in [2.05, 4.69) is 45.7 Å². The lowest BCUT2D eigenvalue weighted by atomic mass is 9.83. The molecule has 2 aliphatic carbocycles. The van der Waals surface area contributed by atoms with E-state index in [1.54, 1.807) is 33.3 Å². The number of carbonyl (C=O) groups is 6. The molecule has 13 atom stereocenters. The van der Waals surface area contributed by atoms with Gasteiger partial charge in [-0.2, -0.15) is 12.6 Å². The molecule has 5 fully saturated rings. The number of nitrogens with one attached hydrogen (secondary N) is 6. The van der Waals surface area contributed by atoms with Gasteiger partial charge in [-0.05, 0) is 111 Å². The molecule has 9 rings (SSSR count). The third-order valence-corrected chi connectivity index (χ3v) is 20.7. The zero-order valence-corrected chi connectivity index (χ0v) is 47.4. The second kappa shape index (κ2) is 22.2. The minimum atomic E-state index is -0.760. The molecule has 20 heteroatoms. The van der Waals surface area contributed by atoms with Crippen molar-refractivity contribution in [2.24, 2.45) is 22.7 Å². The Labute approximate surface area is 456 Å². The average molecular weight is 1090 g/mol. The van der Waals surface area contributed by atoms with Gasteiger partial charge in [0.25, 0.3) is 0 Å². The zero-order chi connectivity index (χ0) is 53.0. The fourth-order valence-corrected chi connectivity index (χ4v) is 16.5. The molecule has 0 spiro atoms. The molecular weight excluding hydrogens is 1010 g/mol. The van der Waals surface area contributed by atoms with Crippen molar-refractivity contribution in [3.63, 3.8) is 0 Å². The van der Waals surface area contributed by atoms with E-state index in [-0.39, 0.29) is 63.6 Å². The summed E-state index contributed by atoms with van der Waals surface area (Å²) in [6.45, 7) is 13.4. The Kier molecular flexibility index (Phi) is 16.5. The summed E-state index contributed by atoms with van der Waals surface area (Å²) in [6, 6.07) is 11.9. The highest BCUT2D eigenvalue weighted by atomic mass is 32.2. The molecule has 0 saturated carbocycles. The van der Waals surface area contributed by atoms with E-state index in [1.165, 1.54) is 0 Å². The second-order valence-corrected chi connectivity index (χ2v) is 26.4. The van der Waals surface area contributed by atoms with Crippen molar-refractivity contribution < 1.29 is 28.8 Å². The zero-order valence-electron chi connectivity index (χ0n) is 44.0. The Morgan fingerprint density at radius 3 is 1.54 bits per heavy atom. The Morgan fingerprint density at radius 1 is 0.662 bits per heavy atom. The van der Waals surface area contributed by atoms with Crippen LogP contribution < -0.4 is 31.9 Å². The van der Waals surface area contributed by atoms with Gasteiger partial charge in [-0.1, -0.05) is 88.4 Å². The number of thiol groups is 1. The number of carbonyl (C=O) groups excluding carboxylic acids is 6. The number of nitrogens with zero attached hydrogens (tertiary/aromatic N) is 4. The van der Waals surface area contributed by atoms with Crippen molar-refractivity contribution in [3.8, 4) is 0 Å². The molecule has 1 unspecified atom stereocenters. The van der Waals surface area contributed by atoms with Gasteiger partial charge in [0.2, 0.25) is 35.4 Å². The number of thioether (sulfide) groups is 2. The monoisotopic (exact) mass is 1090 g/mol. The molecule has 0 bridgehead atoms. The van der Waals surface area contributed by atoms with Gasteiger partial charge in [0, 0.05) is 32.2 Å². The van der Waals surface area contributed by atoms with Crippen molar-refractivity contribution in [1.29, 1.82) is 0 Å². The van der Waals surface area contributed by atoms with Crippen molar-refractivity contribution in [2.45, 2.75) is 145 Å². The lowest BCUT2D eigenvalue weighted by Gasteiger charge is -2.39. The third-order valence-electron chi connectivity index (χ3n) is 17.1. The summed E-state index contributed by atoms with van der Waals surface area (Å²) in [6.07, 6.45) is 3.45. The number of likely N-dealkylation sites (N-methyl/N-ethyl adjacent to an activating group) is 2. The maximum absolute atomic E-state index is 14.9. The Balaban J connectivity index is 0.879.